The lowest BCUT2D eigenvalue weighted by molar-refractivity contribution is -0.127. The zero-order valence-electron chi connectivity index (χ0n) is 11.3. The van der Waals surface area contributed by atoms with Crippen molar-refractivity contribution in [3.63, 3.8) is 0 Å². The van der Waals surface area contributed by atoms with Crippen LogP contribution in [0.4, 0.5) is 0 Å². The zero-order valence-corrected chi connectivity index (χ0v) is 12.0. The van der Waals surface area contributed by atoms with Crippen molar-refractivity contribution >= 4 is 17.5 Å². The van der Waals surface area contributed by atoms with Gasteiger partial charge in [-0.3, -0.25) is 4.79 Å². The number of hydrogen-bond acceptors (Lipinski definition) is 2. The van der Waals surface area contributed by atoms with Gasteiger partial charge in [-0.15, -0.1) is 18.2 Å². The molecule has 0 aromatic heterocycles. The third kappa shape index (κ3) is 5.35. The Balaban J connectivity index is 2.37. The van der Waals surface area contributed by atoms with Crippen LogP contribution in [0.15, 0.2) is 36.9 Å². The monoisotopic (exact) mass is 281 g/mol. The van der Waals surface area contributed by atoms with E-state index in [-0.39, 0.29) is 11.8 Å². The lowest BCUT2D eigenvalue weighted by atomic mass is 10.1. The number of allylic oxidation sites excluding steroid dienone is 1. The number of carbonyl (C=O) groups excluding carboxylic acids is 1. The summed E-state index contributed by atoms with van der Waals surface area (Å²) in [4.78, 5) is 12.9. The van der Waals surface area contributed by atoms with Gasteiger partial charge in [-0.25, -0.2) is 0 Å². The minimum atomic E-state index is -0.0614. The maximum atomic E-state index is 11.3. The molecule has 104 valence electrons. The Hall–Kier alpha value is -1.48. The van der Waals surface area contributed by atoms with E-state index in [1.165, 1.54) is 0 Å². The smallest absolute Gasteiger partial charge is 0.237 e. The maximum absolute atomic E-state index is 11.3. The van der Waals surface area contributed by atoms with Gasteiger partial charge in [0.25, 0.3) is 0 Å². The number of amides is 1. The lowest BCUT2D eigenvalue weighted by Gasteiger charge is -2.16. The zero-order chi connectivity index (χ0) is 14.1. The number of rotatable bonds is 8. The van der Waals surface area contributed by atoms with E-state index in [0.717, 1.165) is 24.2 Å². The third-order valence-electron chi connectivity index (χ3n) is 2.77. The largest absolute Gasteiger partial charge is 0.493 e. The minimum absolute atomic E-state index is 0.0273. The fourth-order valence-electron chi connectivity index (χ4n) is 1.68. The molecule has 0 spiro atoms. The van der Waals surface area contributed by atoms with Crippen LogP contribution in [0.2, 0.25) is 0 Å². The first-order valence-electron chi connectivity index (χ1n) is 6.30. The molecule has 1 rings (SSSR count). The summed E-state index contributed by atoms with van der Waals surface area (Å²) in [5.74, 6) is 0.849. The normalized spacial score (nSPS) is 10.0. The second-order valence-electron chi connectivity index (χ2n) is 4.25. The van der Waals surface area contributed by atoms with Gasteiger partial charge in [0.15, 0.2) is 0 Å². The van der Waals surface area contributed by atoms with Gasteiger partial charge >= 0.3 is 0 Å². The molecule has 0 aliphatic rings. The summed E-state index contributed by atoms with van der Waals surface area (Å²) in [6.07, 6.45) is 3.43. The predicted molar refractivity (Wildman–Crippen MR) is 78.8 cm³/mol. The second-order valence-corrected chi connectivity index (χ2v) is 4.52. The van der Waals surface area contributed by atoms with Crippen LogP contribution >= 0.6 is 11.6 Å². The van der Waals surface area contributed by atoms with Crippen molar-refractivity contribution in [1.29, 1.82) is 0 Å². The molecule has 0 saturated carbocycles. The molecule has 0 aliphatic carbocycles. The number of ether oxygens (including phenoxy) is 1. The highest BCUT2D eigenvalue weighted by molar-refractivity contribution is 6.27. The molecule has 3 nitrogen and oxygen atoms in total. The SMILES string of the molecule is C=CCc1ccccc1OCCCN(C)C(=O)CCl. The molecular formula is C15H20ClNO2. The third-order valence-corrected chi connectivity index (χ3v) is 3.00. The second kappa shape index (κ2) is 8.59. The highest BCUT2D eigenvalue weighted by Gasteiger charge is 2.06. The van der Waals surface area contributed by atoms with Gasteiger partial charge in [-0.1, -0.05) is 24.3 Å². The Morgan fingerprint density at radius 1 is 1.47 bits per heavy atom. The molecule has 0 atom stereocenters. The average Bonchev–Trinajstić information content (AvgIpc) is 2.44. The molecule has 4 heteroatoms. The van der Waals surface area contributed by atoms with Gasteiger partial charge in [0.05, 0.1) is 6.61 Å². The van der Waals surface area contributed by atoms with Crippen LogP contribution in [0.5, 0.6) is 5.75 Å². The van der Waals surface area contributed by atoms with Gasteiger partial charge in [0.1, 0.15) is 11.6 Å². The van der Waals surface area contributed by atoms with Gasteiger partial charge in [-0.2, -0.15) is 0 Å². The van der Waals surface area contributed by atoms with Crippen molar-refractivity contribution in [3.05, 3.63) is 42.5 Å². The first-order chi connectivity index (χ1) is 9.19. The summed E-state index contributed by atoms with van der Waals surface area (Å²) in [5.41, 5.74) is 1.13. The van der Waals surface area contributed by atoms with Crippen molar-refractivity contribution in [1.82, 2.24) is 4.90 Å². The number of para-hydroxylation sites is 1. The molecule has 0 radical (unpaired) electrons. The van der Waals surface area contributed by atoms with Crippen LogP contribution in [0.25, 0.3) is 0 Å². The molecule has 0 heterocycles. The van der Waals surface area contributed by atoms with E-state index in [1.807, 2.05) is 30.3 Å². The first-order valence-corrected chi connectivity index (χ1v) is 6.84. The van der Waals surface area contributed by atoms with Gasteiger partial charge in [-0.05, 0) is 24.5 Å². The summed E-state index contributed by atoms with van der Waals surface area (Å²) in [6.45, 7) is 4.96. The molecule has 0 unspecified atom stereocenters. The Labute approximate surface area is 119 Å². The van der Waals surface area contributed by atoms with Gasteiger partial charge in [0, 0.05) is 13.6 Å². The topological polar surface area (TPSA) is 29.5 Å². The van der Waals surface area contributed by atoms with Crippen LogP contribution in [-0.4, -0.2) is 36.9 Å². The molecule has 1 aromatic carbocycles. The number of halogens is 1. The van der Waals surface area contributed by atoms with E-state index in [4.69, 9.17) is 16.3 Å². The van der Waals surface area contributed by atoms with Crippen LogP contribution in [0.1, 0.15) is 12.0 Å². The Bertz CT molecular complexity index is 420. The lowest BCUT2D eigenvalue weighted by Crippen LogP contribution is -2.29. The summed E-state index contributed by atoms with van der Waals surface area (Å²) < 4.78 is 5.73. The van der Waals surface area contributed by atoms with E-state index in [1.54, 1.807) is 11.9 Å². The summed E-state index contributed by atoms with van der Waals surface area (Å²) in [6, 6.07) is 7.91. The quantitative estimate of drug-likeness (QED) is 0.417. The molecule has 0 saturated heterocycles. The van der Waals surface area contributed by atoms with E-state index in [9.17, 15) is 4.79 Å². The summed E-state index contributed by atoms with van der Waals surface area (Å²) >= 11 is 5.48. The Morgan fingerprint density at radius 3 is 2.89 bits per heavy atom. The molecule has 1 aromatic rings. The van der Waals surface area contributed by atoms with Crippen molar-refractivity contribution < 1.29 is 9.53 Å². The van der Waals surface area contributed by atoms with E-state index >= 15 is 0 Å². The number of nitrogens with zero attached hydrogens (tertiary/aromatic N) is 1. The van der Waals surface area contributed by atoms with Crippen LogP contribution in [0, 0.1) is 0 Å². The van der Waals surface area contributed by atoms with Crippen molar-refractivity contribution in [2.24, 2.45) is 0 Å². The van der Waals surface area contributed by atoms with Crippen molar-refractivity contribution in [2.75, 3.05) is 26.1 Å². The van der Waals surface area contributed by atoms with Crippen LogP contribution in [0.3, 0.4) is 0 Å². The summed E-state index contributed by atoms with van der Waals surface area (Å²) in [5, 5.41) is 0. The predicted octanol–water partition coefficient (Wildman–Crippen LogP) is 2.88. The molecule has 1 amide bonds. The molecule has 0 N–H and O–H groups in total. The Morgan fingerprint density at radius 2 is 2.21 bits per heavy atom. The highest BCUT2D eigenvalue weighted by atomic mass is 35.5. The molecule has 0 bridgehead atoms. The van der Waals surface area contributed by atoms with E-state index in [0.29, 0.717) is 13.2 Å². The van der Waals surface area contributed by atoms with Crippen molar-refractivity contribution in [2.45, 2.75) is 12.8 Å². The number of hydrogen-bond donors (Lipinski definition) is 0. The fraction of sp³-hybridized carbons (Fsp3) is 0.400. The van der Waals surface area contributed by atoms with E-state index in [2.05, 4.69) is 6.58 Å². The summed E-state index contributed by atoms with van der Waals surface area (Å²) in [7, 11) is 1.75. The van der Waals surface area contributed by atoms with Crippen molar-refractivity contribution in [3.8, 4) is 5.75 Å². The Kier molecular flexibility index (Phi) is 7.04. The molecule has 19 heavy (non-hydrogen) atoms. The highest BCUT2D eigenvalue weighted by Crippen LogP contribution is 2.18. The van der Waals surface area contributed by atoms with Gasteiger partial charge < -0.3 is 9.64 Å². The maximum Gasteiger partial charge on any atom is 0.237 e. The van der Waals surface area contributed by atoms with Gasteiger partial charge in [0.2, 0.25) is 5.91 Å². The first kappa shape index (κ1) is 15.6. The molecule has 0 fully saturated rings. The van der Waals surface area contributed by atoms with E-state index < -0.39 is 0 Å². The number of benzene rings is 1. The fourth-order valence-corrected chi connectivity index (χ4v) is 1.88. The minimum Gasteiger partial charge on any atom is -0.493 e. The molecule has 0 aliphatic heterocycles. The standard InChI is InChI=1S/C15H20ClNO2/c1-3-7-13-8-4-5-9-14(13)19-11-6-10-17(2)15(18)12-16/h3-5,8-9H,1,6-7,10-12H2,2H3. The van der Waals surface area contributed by atoms with Crippen LogP contribution < -0.4 is 4.74 Å². The number of carbonyl (C=O) groups is 1. The number of alkyl halides is 1. The van der Waals surface area contributed by atoms with Crippen LogP contribution in [-0.2, 0) is 11.2 Å². The average molecular weight is 282 g/mol. The molecular weight excluding hydrogens is 262 g/mol.